The maximum atomic E-state index is 6.10. The van der Waals surface area contributed by atoms with Gasteiger partial charge in [0, 0.05) is 0 Å². The molecule has 4 rings (SSSR count). The molecule has 9 heteroatoms. The van der Waals surface area contributed by atoms with Crippen LogP contribution in [0.15, 0.2) is 121 Å². The standard InChI is InChI=1S/C30H32O7P2/c1-25(23-31-38(34-27-15-7-3-8-16-27)35-28-17-9-4-10-18-28)33-26(2)24-32-39(36-29-19-11-5-12-20-29)37-30-21-13-6-14-22-30/h3-22,25-26H,23-24H2,1-2H3/t25-,26+. The first-order valence-electron chi connectivity index (χ1n) is 12.6. The molecule has 0 radical (unpaired) electrons. The van der Waals surface area contributed by atoms with E-state index in [1.807, 2.05) is 135 Å². The van der Waals surface area contributed by atoms with Gasteiger partial charge in [-0.3, -0.25) is 9.05 Å². The Kier molecular flexibility index (Phi) is 11.9. The molecule has 0 aliphatic rings. The van der Waals surface area contributed by atoms with Crippen LogP contribution in [0.5, 0.6) is 23.0 Å². The number of ether oxygens (including phenoxy) is 1. The fourth-order valence-corrected chi connectivity index (χ4v) is 5.34. The molecule has 0 spiro atoms. The molecular formula is C30H32O7P2. The highest BCUT2D eigenvalue weighted by Crippen LogP contribution is 2.43. The van der Waals surface area contributed by atoms with Crippen molar-refractivity contribution in [1.82, 2.24) is 0 Å². The third kappa shape index (κ3) is 10.8. The van der Waals surface area contributed by atoms with Crippen molar-refractivity contribution in [2.75, 3.05) is 13.2 Å². The Hall–Kier alpha value is -3.18. The van der Waals surface area contributed by atoms with Crippen molar-refractivity contribution in [3.63, 3.8) is 0 Å². The molecule has 204 valence electrons. The molecule has 4 aromatic carbocycles. The minimum absolute atomic E-state index is 0.247. The van der Waals surface area contributed by atoms with E-state index in [4.69, 9.17) is 31.9 Å². The monoisotopic (exact) mass is 566 g/mol. The molecule has 0 aliphatic heterocycles. The van der Waals surface area contributed by atoms with Gasteiger partial charge in [-0.1, -0.05) is 72.8 Å². The Morgan fingerprint density at radius 3 is 0.949 bits per heavy atom. The van der Waals surface area contributed by atoms with Crippen LogP contribution in [0.2, 0.25) is 0 Å². The van der Waals surface area contributed by atoms with Gasteiger partial charge >= 0.3 is 17.2 Å². The molecule has 4 aromatic rings. The number of para-hydroxylation sites is 4. The SMILES string of the molecule is C[C@H](COP(Oc1ccccc1)Oc1ccccc1)O[C@@H](C)COP(Oc1ccccc1)Oc1ccccc1. The molecule has 0 amide bonds. The van der Waals surface area contributed by atoms with Crippen LogP contribution in [0.25, 0.3) is 0 Å². The Bertz CT molecular complexity index is 1010. The minimum Gasteiger partial charge on any atom is -0.418 e. The van der Waals surface area contributed by atoms with Crippen molar-refractivity contribution < 1.29 is 31.9 Å². The Morgan fingerprint density at radius 2 is 0.692 bits per heavy atom. The third-order valence-electron chi connectivity index (χ3n) is 4.99. The van der Waals surface area contributed by atoms with Gasteiger partial charge in [-0.25, -0.2) is 0 Å². The van der Waals surface area contributed by atoms with Gasteiger partial charge in [0.1, 0.15) is 23.0 Å². The van der Waals surface area contributed by atoms with Crippen LogP contribution in [0.4, 0.5) is 0 Å². The molecule has 7 nitrogen and oxygen atoms in total. The number of benzene rings is 4. The third-order valence-corrected chi connectivity index (χ3v) is 7.15. The average Bonchev–Trinajstić information content (AvgIpc) is 2.97. The van der Waals surface area contributed by atoms with Gasteiger partial charge in [-0.2, -0.15) is 0 Å². The molecule has 0 saturated heterocycles. The lowest BCUT2D eigenvalue weighted by molar-refractivity contribution is -0.0356. The zero-order valence-corrected chi connectivity index (χ0v) is 23.7. The number of hydrogen-bond donors (Lipinski definition) is 0. The molecule has 39 heavy (non-hydrogen) atoms. The van der Waals surface area contributed by atoms with Gasteiger partial charge in [-0.15, -0.1) is 0 Å². The summed E-state index contributed by atoms with van der Waals surface area (Å²) in [6.07, 6.45) is -0.493. The van der Waals surface area contributed by atoms with E-state index in [0.29, 0.717) is 23.0 Å². The fourth-order valence-electron chi connectivity index (χ4n) is 3.22. The van der Waals surface area contributed by atoms with Crippen molar-refractivity contribution in [3.05, 3.63) is 121 Å². The summed E-state index contributed by atoms with van der Waals surface area (Å²) in [4.78, 5) is 0. The van der Waals surface area contributed by atoms with Gasteiger partial charge in [0.25, 0.3) is 0 Å². The predicted molar refractivity (Wildman–Crippen MR) is 154 cm³/mol. The first-order valence-corrected chi connectivity index (χ1v) is 14.8. The van der Waals surface area contributed by atoms with E-state index in [1.54, 1.807) is 0 Å². The molecule has 0 unspecified atom stereocenters. The Morgan fingerprint density at radius 1 is 0.436 bits per heavy atom. The Labute approximate surface area is 232 Å². The van der Waals surface area contributed by atoms with E-state index in [9.17, 15) is 0 Å². The maximum Gasteiger partial charge on any atom is 0.463 e. The second kappa shape index (κ2) is 16.0. The van der Waals surface area contributed by atoms with Crippen molar-refractivity contribution in [2.24, 2.45) is 0 Å². The molecular weight excluding hydrogens is 534 g/mol. The first kappa shape index (κ1) is 28.8. The zero-order valence-electron chi connectivity index (χ0n) is 21.9. The van der Waals surface area contributed by atoms with E-state index in [1.165, 1.54) is 0 Å². The highest BCUT2D eigenvalue weighted by molar-refractivity contribution is 7.42. The molecule has 2 atom stereocenters. The van der Waals surface area contributed by atoms with Crippen LogP contribution < -0.4 is 18.1 Å². The highest BCUT2D eigenvalue weighted by Gasteiger charge is 2.22. The molecule has 0 heterocycles. The smallest absolute Gasteiger partial charge is 0.418 e. The summed E-state index contributed by atoms with van der Waals surface area (Å²) in [6, 6.07) is 37.8. The topological polar surface area (TPSA) is 64.6 Å². The number of hydrogen-bond acceptors (Lipinski definition) is 7. The summed E-state index contributed by atoms with van der Waals surface area (Å²) in [5, 5.41) is 0. The van der Waals surface area contributed by atoms with Crippen LogP contribution in [0, 0.1) is 0 Å². The zero-order chi connectivity index (χ0) is 27.1. The van der Waals surface area contributed by atoms with Crippen molar-refractivity contribution >= 4 is 17.2 Å². The van der Waals surface area contributed by atoms with Crippen molar-refractivity contribution in [3.8, 4) is 23.0 Å². The van der Waals surface area contributed by atoms with E-state index in [2.05, 4.69) is 0 Å². The van der Waals surface area contributed by atoms with E-state index in [0.717, 1.165) is 0 Å². The largest absolute Gasteiger partial charge is 0.463 e. The quantitative estimate of drug-likeness (QED) is 0.126. The van der Waals surface area contributed by atoms with Gasteiger partial charge in [0.2, 0.25) is 0 Å². The molecule has 0 saturated carbocycles. The first-order chi connectivity index (χ1) is 19.1. The summed E-state index contributed by atoms with van der Waals surface area (Å²) in [5.74, 6) is 2.67. The van der Waals surface area contributed by atoms with Crippen molar-refractivity contribution in [2.45, 2.75) is 26.1 Å². The summed E-state index contributed by atoms with van der Waals surface area (Å²) in [5.41, 5.74) is 0. The Balaban J connectivity index is 1.27. The second-order valence-electron chi connectivity index (χ2n) is 8.41. The van der Waals surface area contributed by atoms with E-state index >= 15 is 0 Å². The summed E-state index contributed by atoms with van der Waals surface area (Å²) < 4.78 is 42.0. The lowest BCUT2D eigenvalue weighted by Gasteiger charge is -2.23. The lowest BCUT2D eigenvalue weighted by Crippen LogP contribution is -2.25. The predicted octanol–water partition coefficient (Wildman–Crippen LogP) is 8.58. The molecule has 0 bridgehead atoms. The summed E-state index contributed by atoms with van der Waals surface area (Å²) in [6.45, 7) is 4.40. The van der Waals surface area contributed by atoms with Crippen LogP contribution in [0.1, 0.15) is 13.8 Å². The summed E-state index contributed by atoms with van der Waals surface area (Å²) >= 11 is 0. The molecule has 0 fully saturated rings. The normalized spacial score (nSPS) is 12.6. The average molecular weight is 567 g/mol. The van der Waals surface area contributed by atoms with E-state index < -0.39 is 17.2 Å². The van der Waals surface area contributed by atoms with Gasteiger partial charge in [0.15, 0.2) is 0 Å². The van der Waals surface area contributed by atoms with Crippen LogP contribution in [-0.4, -0.2) is 25.4 Å². The molecule has 0 aliphatic carbocycles. The van der Waals surface area contributed by atoms with Crippen molar-refractivity contribution in [1.29, 1.82) is 0 Å². The molecule has 0 N–H and O–H groups in total. The summed E-state index contributed by atoms with van der Waals surface area (Å²) in [7, 11) is -3.39. The van der Waals surface area contributed by atoms with Crippen LogP contribution in [-0.2, 0) is 13.8 Å². The fraction of sp³-hybridized carbons (Fsp3) is 0.200. The highest BCUT2D eigenvalue weighted by atomic mass is 31.2. The number of rotatable bonds is 16. The molecule has 0 aromatic heterocycles. The second-order valence-corrected chi connectivity index (χ2v) is 10.6. The minimum atomic E-state index is -1.69. The van der Waals surface area contributed by atoms with Gasteiger partial charge in [0.05, 0.1) is 25.4 Å². The van der Waals surface area contributed by atoms with E-state index in [-0.39, 0.29) is 25.4 Å². The van der Waals surface area contributed by atoms with Crippen LogP contribution in [0.3, 0.4) is 0 Å². The maximum absolute atomic E-state index is 6.10. The lowest BCUT2D eigenvalue weighted by atomic mass is 10.3. The van der Waals surface area contributed by atoms with Crippen LogP contribution >= 0.6 is 17.2 Å². The van der Waals surface area contributed by atoms with Gasteiger partial charge in [-0.05, 0) is 62.4 Å². The van der Waals surface area contributed by atoms with Gasteiger partial charge < -0.3 is 22.8 Å².